The number of aromatic carboxylic acids is 1. The van der Waals surface area contributed by atoms with Crippen molar-refractivity contribution < 1.29 is 40.0 Å². The minimum absolute atomic E-state index is 0. The topological polar surface area (TPSA) is 89.0 Å². The van der Waals surface area contributed by atoms with Crippen molar-refractivity contribution in [3.63, 3.8) is 0 Å². The molecule has 12 heavy (non-hydrogen) atoms. The van der Waals surface area contributed by atoms with E-state index in [9.17, 15) is 4.79 Å². The minimum Gasteiger partial charge on any atom is -0.507 e. The Hall–Kier alpha value is -0.927. The fourth-order valence-electron chi connectivity index (χ4n) is 0.654. The van der Waals surface area contributed by atoms with Crippen molar-refractivity contribution in [1.82, 2.24) is 0 Å². The second-order valence-corrected chi connectivity index (χ2v) is 1.82. The summed E-state index contributed by atoms with van der Waals surface area (Å²) in [5.41, 5.74) is -0.0671. The first-order chi connectivity index (χ1) is 4.72. The van der Waals surface area contributed by atoms with Gasteiger partial charge in [-0.3, -0.25) is 0 Å². The third kappa shape index (κ3) is 2.99. The molecule has 0 saturated carbocycles. The first-order valence-corrected chi connectivity index (χ1v) is 2.73. The van der Waals surface area contributed by atoms with E-state index in [1.54, 1.807) is 12.1 Å². The Morgan fingerprint density at radius 1 is 1.25 bits per heavy atom. The number of carbonyl (C=O) groups is 1. The fourth-order valence-corrected chi connectivity index (χ4v) is 0.654. The summed E-state index contributed by atoms with van der Waals surface area (Å²) in [6.07, 6.45) is 0. The van der Waals surface area contributed by atoms with Crippen LogP contribution >= 0.6 is 0 Å². The molecule has 0 heterocycles. The van der Waals surface area contributed by atoms with E-state index in [-0.39, 0.29) is 36.3 Å². The molecule has 62 valence electrons. The van der Waals surface area contributed by atoms with Gasteiger partial charge in [0, 0.05) is 19.5 Å². The van der Waals surface area contributed by atoms with Crippen molar-refractivity contribution in [3.05, 3.63) is 29.8 Å². The first-order valence-electron chi connectivity index (χ1n) is 2.73. The van der Waals surface area contributed by atoms with Crippen LogP contribution in [0.4, 0.5) is 0 Å². The second-order valence-electron chi connectivity index (χ2n) is 1.82. The summed E-state index contributed by atoms with van der Waals surface area (Å²) in [5, 5.41) is 17.3. The molecule has 1 rings (SSSR count). The smallest absolute Gasteiger partial charge is 0.339 e. The van der Waals surface area contributed by atoms with Crippen LogP contribution in [0.5, 0.6) is 5.75 Å². The van der Waals surface area contributed by atoms with E-state index in [0.29, 0.717) is 0 Å². The number of benzene rings is 1. The van der Waals surface area contributed by atoms with E-state index in [1.807, 2.05) is 0 Å². The summed E-state index contributed by atoms with van der Waals surface area (Å²) >= 11 is 0. The van der Waals surface area contributed by atoms with Crippen LogP contribution in [-0.4, -0.2) is 21.7 Å². The van der Waals surface area contributed by atoms with Crippen LogP contribution in [0.3, 0.4) is 0 Å². The van der Waals surface area contributed by atoms with Crippen molar-refractivity contribution in [2.75, 3.05) is 0 Å². The van der Waals surface area contributed by atoms with Gasteiger partial charge in [0.2, 0.25) is 0 Å². The number of carboxylic acid groups (broad SMARTS) is 1. The molecule has 0 amide bonds. The van der Waals surface area contributed by atoms with Gasteiger partial charge in [-0.25, -0.2) is 4.79 Å². The van der Waals surface area contributed by atoms with Gasteiger partial charge in [-0.1, -0.05) is 12.1 Å². The molecule has 0 aromatic heterocycles. The van der Waals surface area contributed by atoms with E-state index in [2.05, 4.69) is 0 Å². The van der Waals surface area contributed by atoms with Crippen molar-refractivity contribution in [2.24, 2.45) is 0 Å². The molecule has 5 heteroatoms. The van der Waals surface area contributed by atoms with E-state index in [0.717, 1.165) is 0 Å². The summed E-state index contributed by atoms with van der Waals surface area (Å²) in [6.45, 7) is 0. The van der Waals surface area contributed by atoms with E-state index in [4.69, 9.17) is 10.2 Å². The van der Waals surface area contributed by atoms with Gasteiger partial charge in [0.05, 0.1) is 0 Å². The maximum atomic E-state index is 10.3. The molecule has 1 aromatic rings. The first kappa shape index (κ1) is 13.6. The average molecular weight is 222 g/mol. The quantitative estimate of drug-likeness (QED) is 0.667. The molecule has 0 aliphatic rings. The SMILES string of the molecule is O.O=C(O)c1ccccc1O.[Zn]. The van der Waals surface area contributed by atoms with Gasteiger partial charge in [0.15, 0.2) is 0 Å². The Bertz CT molecular complexity index is 261. The number of phenols is 1. The average Bonchev–Trinajstić information content (AvgIpc) is 1.88. The zero-order valence-corrected chi connectivity index (χ0v) is 9.29. The van der Waals surface area contributed by atoms with Crippen LogP contribution in [0.1, 0.15) is 10.4 Å². The Balaban J connectivity index is 0. The monoisotopic (exact) mass is 220 g/mol. The van der Waals surface area contributed by atoms with Crippen LogP contribution in [0.15, 0.2) is 24.3 Å². The summed E-state index contributed by atoms with van der Waals surface area (Å²) in [6, 6.07) is 5.81. The van der Waals surface area contributed by atoms with Gasteiger partial charge in [0.1, 0.15) is 11.3 Å². The standard InChI is InChI=1S/C7H6O3.H2O.Zn/c8-6-4-2-1-3-5(6)7(9)10;;/h1-4,8H,(H,9,10);1H2;. The molecule has 0 aliphatic carbocycles. The molecular weight excluding hydrogens is 213 g/mol. The Labute approximate surface area is 81.9 Å². The zero-order valence-electron chi connectivity index (χ0n) is 6.32. The third-order valence-corrected chi connectivity index (χ3v) is 1.13. The van der Waals surface area contributed by atoms with Crippen LogP contribution < -0.4 is 0 Å². The minimum atomic E-state index is -1.11. The number of carboxylic acids is 1. The van der Waals surface area contributed by atoms with Gasteiger partial charge in [-0.05, 0) is 12.1 Å². The Morgan fingerprint density at radius 2 is 1.75 bits per heavy atom. The van der Waals surface area contributed by atoms with Gasteiger partial charge >= 0.3 is 5.97 Å². The Kier molecular flexibility index (Phi) is 6.47. The van der Waals surface area contributed by atoms with Crippen LogP contribution in [0, 0.1) is 0 Å². The molecule has 4 nitrogen and oxygen atoms in total. The number of para-hydroxylation sites is 1. The maximum absolute atomic E-state index is 10.3. The molecule has 1 aromatic carbocycles. The summed E-state index contributed by atoms with van der Waals surface area (Å²) in [5.74, 6) is -1.31. The number of rotatable bonds is 1. The molecule has 0 radical (unpaired) electrons. The molecule has 0 saturated heterocycles. The van der Waals surface area contributed by atoms with Crippen molar-refractivity contribution >= 4 is 5.97 Å². The molecule has 0 aliphatic heterocycles. The van der Waals surface area contributed by atoms with Crippen molar-refractivity contribution in [3.8, 4) is 5.75 Å². The number of aromatic hydroxyl groups is 1. The van der Waals surface area contributed by atoms with E-state index in [1.165, 1.54) is 12.1 Å². The Morgan fingerprint density at radius 3 is 2.08 bits per heavy atom. The second kappa shape index (κ2) is 5.69. The molecule has 4 N–H and O–H groups in total. The fraction of sp³-hybridized carbons (Fsp3) is 0. The van der Waals surface area contributed by atoms with E-state index < -0.39 is 5.97 Å². The third-order valence-electron chi connectivity index (χ3n) is 1.13. The van der Waals surface area contributed by atoms with Gasteiger partial charge in [-0.2, -0.15) is 0 Å². The predicted molar refractivity (Wildman–Crippen MR) is 38.7 cm³/mol. The van der Waals surface area contributed by atoms with Crippen LogP contribution in [0.2, 0.25) is 0 Å². The molecular formula is C7H8O4Zn. The van der Waals surface area contributed by atoms with Gasteiger partial charge in [0.25, 0.3) is 0 Å². The summed E-state index contributed by atoms with van der Waals surface area (Å²) < 4.78 is 0. The molecule has 0 spiro atoms. The molecule has 0 bridgehead atoms. The van der Waals surface area contributed by atoms with Crippen molar-refractivity contribution in [1.29, 1.82) is 0 Å². The summed E-state index contributed by atoms with van der Waals surface area (Å²) in [7, 11) is 0. The molecule has 0 unspecified atom stereocenters. The molecule has 0 atom stereocenters. The van der Waals surface area contributed by atoms with Gasteiger partial charge in [-0.15, -0.1) is 0 Å². The zero-order chi connectivity index (χ0) is 7.56. The summed E-state index contributed by atoms with van der Waals surface area (Å²) in [4.78, 5) is 10.3. The molecule has 0 fully saturated rings. The van der Waals surface area contributed by atoms with Gasteiger partial charge < -0.3 is 15.7 Å². The van der Waals surface area contributed by atoms with Crippen LogP contribution in [-0.2, 0) is 19.5 Å². The van der Waals surface area contributed by atoms with Crippen LogP contribution in [0.25, 0.3) is 0 Å². The number of hydrogen-bond acceptors (Lipinski definition) is 2. The normalized spacial score (nSPS) is 7.67. The van der Waals surface area contributed by atoms with Crippen molar-refractivity contribution in [2.45, 2.75) is 0 Å². The predicted octanol–water partition coefficient (Wildman–Crippen LogP) is 0.263. The largest absolute Gasteiger partial charge is 0.507 e. The maximum Gasteiger partial charge on any atom is 0.339 e. The van der Waals surface area contributed by atoms with E-state index >= 15 is 0 Å². The number of hydrogen-bond donors (Lipinski definition) is 2.